The normalized spacial score (nSPS) is 10.0. The van der Waals surface area contributed by atoms with Crippen LogP contribution in [0.1, 0.15) is 26.5 Å². The van der Waals surface area contributed by atoms with Gasteiger partial charge in [0, 0.05) is 6.54 Å². The van der Waals surface area contributed by atoms with Crippen LogP contribution in [-0.4, -0.2) is 26.1 Å². The molecule has 1 aromatic heterocycles. The number of methoxy groups -OCH3 is 2. The van der Waals surface area contributed by atoms with E-state index in [2.05, 4.69) is 5.32 Å². The van der Waals surface area contributed by atoms with Crippen molar-refractivity contribution in [3.8, 4) is 5.75 Å². The monoisotopic (exact) mass is 289 g/mol. The molecule has 2 aromatic rings. The van der Waals surface area contributed by atoms with E-state index in [1.54, 1.807) is 30.3 Å². The van der Waals surface area contributed by atoms with Gasteiger partial charge in [-0.15, -0.1) is 0 Å². The van der Waals surface area contributed by atoms with Crippen molar-refractivity contribution in [2.75, 3.05) is 14.2 Å². The predicted molar refractivity (Wildman–Crippen MR) is 74.2 cm³/mol. The van der Waals surface area contributed by atoms with E-state index in [9.17, 15) is 9.59 Å². The molecule has 1 heterocycles. The van der Waals surface area contributed by atoms with Gasteiger partial charge in [0.1, 0.15) is 11.3 Å². The number of ether oxygens (including phenoxy) is 2. The second-order valence-electron chi connectivity index (χ2n) is 4.19. The fourth-order valence-corrected chi connectivity index (χ4v) is 1.81. The van der Waals surface area contributed by atoms with Gasteiger partial charge in [-0.3, -0.25) is 4.79 Å². The van der Waals surface area contributed by atoms with Crippen molar-refractivity contribution < 1.29 is 23.5 Å². The smallest absolute Gasteiger partial charge is 0.341 e. The van der Waals surface area contributed by atoms with Gasteiger partial charge in [-0.1, -0.05) is 6.07 Å². The van der Waals surface area contributed by atoms with Gasteiger partial charge >= 0.3 is 5.97 Å². The molecular weight excluding hydrogens is 274 g/mol. The van der Waals surface area contributed by atoms with Crippen LogP contribution in [0.15, 0.2) is 41.0 Å². The Bertz CT molecular complexity index is 634. The van der Waals surface area contributed by atoms with Gasteiger partial charge in [0.25, 0.3) is 5.91 Å². The molecule has 0 aliphatic carbocycles. The van der Waals surface area contributed by atoms with Crippen molar-refractivity contribution in [1.82, 2.24) is 5.32 Å². The van der Waals surface area contributed by atoms with E-state index < -0.39 is 5.97 Å². The number of esters is 1. The van der Waals surface area contributed by atoms with E-state index in [-0.39, 0.29) is 18.2 Å². The number of rotatable bonds is 5. The number of furan rings is 1. The minimum Gasteiger partial charge on any atom is -0.496 e. The molecule has 0 aliphatic heterocycles. The van der Waals surface area contributed by atoms with Gasteiger partial charge in [-0.05, 0) is 29.8 Å². The van der Waals surface area contributed by atoms with Gasteiger partial charge < -0.3 is 19.2 Å². The third-order valence-corrected chi connectivity index (χ3v) is 2.87. The minimum atomic E-state index is -0.494. The first-order chi connectivity index (χ1) is 10.2. The average Bonchev–Trinajstić information content (AvgIpc) is 3.06. The maximum Gasteiger partial charge on any atom is 0.341 e. The Morgan fingerprint density at radius 2 is 2.05 bits per heavy atom. The third kappa shape index (κ3) is 3.42. The highest BCUT2D eigenvalue weighted by molar-refractivity contribution is 5.93. The van der Waals surface area contributed by atoms with Crippen molar-refractivity contribution in [3.63, 3.8) is 0 Å². The number of carbonyl (C=O) groups is 2. The van der Waals surface area contributed by atoms with Gasteiger partial charge in [0.05, 0.1) is 20.5 Å². The van der Waals surface area contributed by atoms with Crippen molar-refractivity contribution in [3.05, 3.63) is 53.5 Å². The lowest BCUT2D eigenvalue weighted by atomic mass is 10.1. The zero-order chi connectivity index (χ0) is 15.2. The number of nitrogens with one attached hydrogen (secondary N) is 1. The summed E-state index contributed by atoms with van der Waals surface area (Å²) >= 11 is 0. The van der Waals surface area contributed by atoms with Crippen LogP contribution in [0.4, 0.5) is 0 Å². The highest BCUT2D eigenvalue weighted by atomic mass is 16.5. The molecule has 0 bridgehead atoms. The molecule has 0 fully saturated rings. The van der Waals surface area contributed by atoms with E-state index in [0.29, 0.717) is 11.3 Å². The fraction of sp³-hybridized carbons (Fsp3) is 0.200. The Kier molecular flexibility index (Phi) is 4.61. The Hall–Kier alpha value is -2.76. The number of amides is 1. The summed E-state index contributed by atoms with van der Waals surface area (Å²) in [5.74, 6) is -0.166. The van der Waals surface area contributed by atoms with E-state index in [1.807, 2.05) is 0 Å². The summed E-state index contributed by atoms with van der Waals surface area (Å²) in [4.78, 5) is 23.4. The Morgan fingerprint density at radius 3 is 2.67 bits per heavy atom. The number of benzene rings is 1. The van der Waals surface area contributed by atoms with Crippen LogP contribution < -0.4 is 10.1 Å². The average molecular weight is 289 g/mol. The van der Waals surface area contributed by atoms with Crippen molar-refractivity contribution in [2.24, 2.45) is 0 Å². The molecule has 0 saturated carbocycles. The molecule has 21 heavy (non-hydrogen) atoms. The lowest BCUT2D eigenvalue weighted by Gasteiger charge is -2.09. The van der Waals surface area contributed by atoms with E-state index >= 15 is 0 Å². The highest BCUT2D eigenvalue weighted by Gasteiger charge is 2.14. The van der Waals surface area contributed by atoms with Gasteiger partial charge in [-0.25, -0.2) is 4.79 Å². The van der Waals surface area contributed by atoms with Crippen LogP contribution in [0, 0.1) is 0 Å². The molecule has 2 rings (SSSR count). The van der Waals surface area contributed by atoms with Crippen LogP contribution in [0.3, 0.4) is 0 Å². The zero-order valence-electron chi connectivity index (χ0n) is 11.7. The summed E-state index contributed by atoms with van der Waals surface area (Å²) in [5, 5.41) is 2.70. The summed E-state index contributed by atoms with van der Waals surface area (Å²) in [7, 11) is 2.77. The zero-order valence-corrected chi connectivity index (χ0v) is 11.7. The lowest BCUT2D eigenvalue weighted by Crippen LogP contribution is -2.22. The molecule has 6 nitrogen and oxygen atoms in total. The topological polar surface area (TPSA) is 77.8 Å². The summed E-state index contributed by atoms with van der Waals surface area (Å²) in [5.41, 5.74) is 1.06. The molecule has 0 saturated heterocycles. The molecule has 0 radical (unpaired) electrons. The van der Waals surface area contributed by atoms with E-state index in [1.165, 1.54) is 20.5 Å². The lowest BCUT2D eigenvalue weighted by molar-refractivity contribution is 0.0597. The third-order valence-electron chi connectivity index (χ3n) is 2.87. The minimum absolute atomic E-state index is 0.233. The van der Waals surface area contributed by atoms with E-state index in [4.69, 9.17) is 13.9 Å². The molecule has 0 spiro atoms. The summed E-state index contributed by atoms with van der Waals surface area (Å²) < 4.78 is 14.8. The second-order valence-corrected chi connectivity index (χ2v) is 4.19. The summed E-state index contributed by atoms with van der Waals surface area (Å²) in [6.07, 6.45) is 1.43. The summed E-state index contributed by atoms with van der Waals surface area (Å²) in [6.45, 7) is 0.257. The molecule has 0 unspecified atom stereocenters. The van der Waals surface area contributed by atoms with Gasteiger partial charge in [0.15, 0.2) is 5.76 Å². The van der Waals surface area contributed by atoms with Crippen LogP contribution >= 0.6 is 0 Å². The standard InChI is InChI=1S/C15H15NO5/c1-19-12-6-5-10(8-11(12)15(18)20-2)9-16-14(17)13-4-3-7-21-13/h3-8H,9H2,1-2H3,(H,16,17). The fourth-order valence-electron chi connectivity index (χ4n) is 1.81. The quantitative estimate of drug-likeness (QED) is 0.852. The second kappa shape index (κ2) is 6.60. The molecule has 1 aromatic carbocycles. The number of carbonyl (C=O) groups excluding carboxylic acids is 2. The van der Waals surface area contributed by atoms with Gasteiger partial charge in [0.2, 0.25) is 0 Å². The van der Waals surface area contributed by atoms with Crippen molar-refractivity contribution in [2.45, 2.75) is 6.54 Å². The Balaban J connectivity index is 2.10. The molecule has 0 atom stereocenters. The Labute approximate surface area is 121 Å². The van der Waals surface area contributed by atoms with Crippen LogP contribution in [0.5, 0.6) is 5.75 Å². The first-order valence-corrected chi connectivity index (χ1v) is 6.22. The highest BCUT2D eigenvalue weighted by Crippen LogP contribution is 2.20. The first kappa shape index (κ1) is 14.6. The van der Waals surface area contributed by atoms with Crippen LogP contribution in [-0.2, 0) is 11.3 Å². The molecule has 0 aliphatic rings. The van der Waals surface area contributed by atoms with E-state index in [0.717, 1.165) is 5.56 Å². The number of hydrogen-bond donors (Lipinski definition) is 1. The molecule has 110 valence electrons. The SMILES string of the molecule is COC(=O)c1cc(CNC(=O)c2ccco2)ccc1OC. The summed E-state index contributed by atoms with van der Waals surface area (Å²) in [6, 6.07) is 8.24. The molecule has 6 heteroatoms. The van der Waals surface area contributed by atoms with Crippen molar-refractivity contribution >= 4 is 11.9 Å². The van der Waals surface area contributed by atoms with Crippen LogP contribution in [0.25, 0.3) is 0 Å². The molecule has 1 amide bonds. The largest absolute Gasteiger partial charge is 0.496 e. The van der Waals surface area contributed by atoms with Crippen molar-refractivity contribution in [1.29, 1.82) is 0 Å². The Morgan fingerprint density at radius 1 is 1.24 bits per heavy atom. The maximum atomic E-state index is 11.8. The number of hydrogen-bond acceptors (Lipinski definition) is 5. The predicted octanol–water partition coefficient (Wildman–Crippen LogP) is 2.00. The first-order valence-electron chi connectivity index (χ1n) is 6.22. The van der Waals surface area contributed by atoms with Crippen LogP contribution in [0.2, 0.25) is 0 Å². The molecule has 1 N–H and O–H groups in total. The maximum absolute atomic E-state index is 11.8. The van der Waals surface area contributed by atoms with Gasteiger partial charge in [-0.2, -0.15) is 0 Å². The molecular formula is C15H15NO5.